The van der Waals surface area contributed by atoms with Crippen LogP contribution < -0.4 is 5.32 Å². The highest BCUT2D eigenvalue weighted by atomic mass is 16.6. The van der Waals surface area contributed by atoms with Gasteiger partial charge in [0.05, 0.1) is 25.6 Å². The predicted molar refractivity (Wildman–Crippen MR) is 83.0 cm³/mol. The SMILES string of the molecule is C=CC(CO)Nc1ncnc2c1ncn2[C@@H]1O[C@H](CO)[C@@H](O)[C@H]1O. The van der Waals surface area contributed by atoms with Gasteiger partial charge in [0, 0.05) is 0 Å². The van der Waals surface area contributed by atoms with Crippen molar-refractivity contribution in [1.82, 2.24) is 19.5 Å². The Morgan fingerprint density at radius 1 is 1.29 bits per heavy atom. The number of rotatable bonds is 6. The van der Waals surface area contributed by atoms with E-state index in [0.717, 1.165) is 0 Å². The Labute approximate surface area is 137 Å². The van der Waals surface area contributed by atoms with E-state index in [1.807, 2.05) is 0 Å². The van der Waals surface area contributed by atoms with Crippen molar-refractivity contribution in [2.24, 2.45) is 0 Å². The quantitative estimate of drug-likeness (QED) is 0.393. The van der Waals surface area contributed by atoms with Gasteiger partial charge in [-0.1, -0.05) is 6.08 Å². The lowest BCUT2D eigenvalue weighted by Gasteiger charge is -2.17. The van der Waals surface area contributed by atoms with Gasteiger partial charge >= 0.3 is 0 Å². The zero-order valence-corrected chi connectivity index (χ0v) is 12.7. The van der Waals surface area contributed by atoms with Crippen LogP contribution in [-0.4, -0.2) is 77.5 Å². The van der Waals surface area contributed by atoms with Crippen molar-refractivity contribution >= 4 is 17.0 Å². The second kappa shape index (κ2) is 6.79. The largest absolute Gasteiger partial charge is 0.394 e. The number of anilines is 1. The summed E-state index contributed by atoms with van der Waals surface area (Å²) < 4.78 is 6.95. The third kappa shape index (κ3) is 2.74. The van der Waals surface area contributed by atoms with Gasteiger partial charge in [0.15, 0.2) is 23.2 Å². The van der Waals surface area contributed by atoms with Gasteiger partial charge in [-0.3, -0.25) is 4.57 Å². The maximum atomic E-state index is 10.1. The zero-order chi connectivity index (χ0) is 17.3. The van der Waals surface area contributed by atoms with Crippen molar-refractivity contribution < 1.29 is 25.2 Å². The molecule has 5 atom stereocenters. The molecule has 3 heterocycles. The molecule has 0 aliphatic carbocycles. The van der Waals surface area contributed by atoms with E-state index in [1.54, 1.807) is 0 Å². The third-order valence-electron chi connectivity index (χ3n) is 3.95. The average molecular weight is 337 g/mol. The number of fused-ring (bicyclic) bond motifs is 1. The van der Waals surface area contributed by atoms with E-state index < -0.39 is 37.2 Å². The number of hydrogen-bond donors (Lipinski definition) is 5. The first-order chi connectivity index (χ1) is 11.6. The van der Waals surface area contributed by atoms with Crippen LogP contribution in [0.3, 0.4) is 0 Å². The molecule has 0 saturated carbocycles. The maximum Gasteiger partial charge on any atom is 0.167 e. The van der Waals surface area contributed by atoms with Crippen molar-refractivity contribution in [2.45, 2.75) is 30.6 Å². The van der Waals surface area contributed by atoms with Gasteiger partial charge in [-0.25, -0.2) is 15.0 Å². The molecular formula is C14H19N5O5. The van der Waals surface area contributed by atoms with Crippen LogP contribution in [0.1, 0.15) is 6.23 Å². The van der Waals surface area contributed by atoms with Gasteiger partial charge in [0.25, 0.3) is 0 Å². The van der Waals surface area contributed by atoms with Crippen molar-refractivity contribution in [3.8, 4) is 0 Å². The van der Waals surface area contributed by atoms with E-state index in [2.05, 4.69) is 26.8 Å². The Hall–Kier alpha value is -2.11. The molecular weight excluding hydrogens is 318 g/mol. The lowest BCUT2D eigenvalue weighted by atomic mass is 10.1. The molecule has 10 nitrogen and oxygen atoms in total. The molecule has 0 spiro atoms. The zero-order valence-electron chi connectivity index (χ0n) is 12.7. The number of aliphatic hydroxyl groups is 4. The van der Waals surface area contributed by atoms with Crippen LogP contribution in [0, 0.1) is 0 Å². The van der Waals surface area contributed by atoms with Gasteiger partial charge in [0.2, 0.25) is 0 Å². The van der Waals surface area contributed by atoms with Crippen LogP contribution in [0.15, 0.2) is 25.3 Å². The number of aromatic nitrogens is 4. The summed E-state index contributed by atoms with van der Waals surface area (Å²) in [6.45, 7) is 3.04. The number of nitrogens with one attached hydrogen (secondary N) is 1. The normalized spacial score (nSPS) is 28.2. The Bertz CT molecular complexity index is 723. The predicted octanol–water partition coefficient (Wildman–Crippen LogP) is -1.60. The summed E-state index contributed by atoms with van der Waals surface area (Å²) in [6, 6.07) is -0.401. The first-order valence-electron chi connectivity index (χ1n) is 7.40. The Morgan fingerprint density at radius 2 is 2.08 bits per heavy atom. The molecule has 2 aromatic rings. The second-order valence-electron chi connectivity index (χ2n) is 5.44. The Balaban J connectivity index is 1.95. The Kier molecular flexibility index (Phi) is 4.73. The minimum absolute atomic E-state index is 0.162. The molecule has 0 amide bonds. The van der Waals surface area contributed by atoms with Crippen LogP contribution in [-0.2, 0) is 4.74 Å². The van der Waals surface area contributed by atoms with E-state index in [9.17, 15) is 20.4 Å². The van der Waals surface area contributed by atoms with E-state index in [1.165, 1.54) is 23.3 Å². The van der Waals surface area contributed by atoms with Crippen molar-refractivity contribution in [2.75, 3.05) is 18.5 Å². The van der Waals surface area contributed by atoms with Gasteiger partial charge in [0.1, 0.15) is 24.6 Å². The van der Waals surface area contributed by atoms with E-state index in [4.69, 9.17) is 4.74 Å². The highest BCUT2D eigenvalue weighted by molar-refractivity contribution is 5.83. The van der Waals surface area contributed by atoms with Gasteiger partial charge in [-0.2, -0.15) is 0 Å². The van der Waals surface area contributed by atoms with E-state index in [0.29, 0.717) is 17.0 Å². The summed E-state index contributed by atoms with van der Waals surface area (Å²) in [5, 5.41) is 41.4. The fraction of sp³-hybridized carbons (Fsp3) is 0.500. The Morgan fingerprint density at radius 3 is 2.71 bits per heavy atom. The first kappa shape index (κ1) is 16.7. The van der Waals surface area contributed by atoms with Crippen LogP contribution in [0.25, 0.3) is 11.2 Å². The van der Waals surface area contributed by atoms with Gasteiger partial charge in [-0.15, -0.1) is 6.58 Å². The summed E-state index contributed by atoms with van der Waals surface area (Å²) in [4.78, 5) is 12.5. The smallest absolute Gasteiger partial charge is 0.167 e. The van der Waals surface area contributed by atoms with Gasteiger partial charge < -0.3 is 30.5 Å². The molecule has 0 radical (unpaired) electrons. The number of aliphatic hydroxyl groups excluding tert-OH is 4. The molecule has 130 valence electrons. The molecule has 0 bridgehead atoms. The number of imidazole rings is 1. The lowest BCUT2D eigenvalue weighted by Crippen LogP contribution is -2.33. The van der Waals surface area contributed by atoms with Crippen molar-refractivity contribution in [3.05, 3.63) is 25.3 Å². The fourth-order valence-electron chi connectivity index (χ4n) is 2.61. The molecule has 1 aliphatic heterocycles. The highest BCUT2D eigenvalue weighted by Gasteiger charge is 2.44. The van der Waals surface area contributed by atoms with Gasteiger partial charge in [-0.05, 0) is 0 Å². The standard InChI is InChI=1S/C14H19N5O5/c1-2-7(3-20)18-12-9-13(16-5-15-12)19(6-17-9)14-11(23)10(22)8(4-21)24-14/h2,5-8,10-11,14,20-23H,1,3-4H2,(H,15,16,18)/t7?,8-,10-,11-,14-/m1/s1. The summed E-state index contributed by atoms with van der Waals surface area (Å²) >= 11 is 0. The van der Waals surface area contributed by atoms with Crippen LogP contribution >= 0.6 is 0 Å². The number of nitrogens with zero attached hydrogens (tertiary/aromatic N) is 4. The minimum atomic E-state index is -1.23. The summed E-state index contributed by atoms with van der Waals surface area (Å²) in [7, 11) is 0. The topological polar surface area (TPSA) is 146 Å². The monoisotopic (exact) mass is 337 g/mol. The summed E-state index contributed by atoms with van der Waals surface area (Å²) in [6.07, 6.45) is -0.00849. The lowest BCUT2D eigenvalue weighted by molar-refractivity contribution is -0.0511. The molecule has 5 N–H and O–H groups in total. The maximum absolute atomic E-state index is 10.1. The van der Waals surface area contributed by atoms with Crippen LogP contribution in [0.5, 0.6) is 0 Å². The highest BCUT2D eigenvalue weighted by Crippen LogP contribution is 2.32. The first-order valence-corrected chi connectivity index (χ1v) is 7.40. The molecule has 1 unspecified atom stereocenters. The molecule has 10 heteroatoms. The molecule has 2 aromatic heterocycles. The third-order valence-corrected chi connectivity index (χ3v) is 3.95. The summed E-state index contributed by atoms with van der Waals surface area (Å²) in [5.74, 6) is 0.393. The molecule has 0 aromatic carbocycles. The average Bonchev–Trinajstić information content (AvgIpc) is 3.15. The van der Waals surface area contributed by atoms with Crippen LogP contribution in [0.4, 0.5) is 5.82 Å². The number of ether oxygens (including phenoxy) is 1. The molecule has 24 heavy (non-hydrogen) atoms. The minimum Gasteiger partial charge on any atom is -0.394 e. The molecule has 1 aliphatic rings. The van der Waals surface area contributed by atoms with Crippen molar-refractivity contribution in [1.29, 1.82) is 0 Å². The molecule has 1 saturated heterocycles. The van der Waals surface area contributed by atoms with Crippen molar-refractivity contribution in [3.63, 3.8) is 0 Å². The molecule has 3 rings (SSSR count). The fourth-order valence-corrected chi connectivity index (χ4v) is 2.61. The summed E-state index contributed by atoms with van der Waals surface area (Å²) in [5.41, 5.74) is 0.790. The van der Waals surface area contributed by atoms with Crippen LogP contribution in [0.2, 0.25) is 0 Å². The van der Waals surface area contributed by atoms with E-state index >= 15 is 0 Å². The number of hydrogen-bond acceptors (Lipinski definition) is 9. The molecule has 1 fully saturated rings. The second-order valence-corrected chi connectivity index (χ2v) is 5.44. The van der Waals surface area contributed by atoms with E-state index in [-0.39, 0.29) is 6.61 Å².